The molecule has 0 spiro atoms. The summed E-state index contributed by atoms with van der Waals surface area (Å²) in [6.45, 7) is 6.93. The van der Waals surface area contributed by atoms with E-state index in [-0.39, 0.29) is 13.0 Å². The SMILES string of the molecule is CCOC(=O)CC(=O)[C@H](Cc1cn(C=O)c2ccccc12)NC(=O)OC(C)(C)C. The van der Waals surface area contributed by atoms with Crippen molar-refractivity contribution < 1.29 is 28.7 Å². The molecule has 0 aliphatic rings. The van der Waals surface area contributed by atoms with Gasteiger partial charge in [-0.25, -0.2) is 4.79 Å². The van der Waals surface area contributed by atoms with E-state index in [0.717, 1.165) is 5.39 Å². The van der Waals surface area contributed by atoms with Gasteiger partial charge in [0.05, 0.1) is 18.2 Å². The molecule has 0 aliphatic carbocycles. The molecule has 0 fully saturated rings. The molecular formula is C21H26N2O6. The van der Waals surface area contributed by atoms with Crippen LogP contribution >= 0.6 is 0 Å². The van der Waals surface area contributed by atoms with Gasteiger partial charge in [0.2, 0.25) is 6.41 Å². The van der Waals surface area contributed by atoms with E-state index in [4.69, 9.17) is 9.47 Å². The molecule has 0 bridgehead atoms. The highest BCUT2D eigenvalue weighted by Gasteiger charge is 2.27. The summed E-state index contributed by atoms with van der Waals surface area (Å²) in [6.07, 6.45) is 1.14. The van der Waals surface area contributed by atoms with Crippen molar-refractivity contribution in [1.82, 2.24) is 9.88 Å². The Morgan fingerprint density at radius 2 is 1.90 bits per heavy atom. The highest BCUT2D eigenvalue weighted by molar-refractivity contribution is 6.00. The first-order chi connectivity index (χ1) is 13.6. The Labute approximate surface area is 169 Å². The van der Waals surface area contributed by atoms with Crippen LogP contribution in [0.2, 0.25) is 0 Å². The molecule has 0 unspecified atom stereocenters. The summed E-state index contributed by atoms with van der Waals surface area (Å²) in [7, 11) is 0. The number of esters is 1. The molecule has 29 heavy (non-hydrogen) atoms. The Balaban J connectivity index is 2.29. The number of ether oxygens (including phenoxy) is 2. The summed E-state index contributed by atoms with van der Waals surface area (Å²) in [5, 5.41) is 3.32. The second-order valence-electron chi connectivity index (χ2n) is 7.54. The second kappa shape index (κ2) is 9.36. The molecule has 1 heterocycles. The maximum atomic E-state index is 12.7. The van der Waals surface area contributed by atoms with E-state index in [9.17, 15) is 19.2 Å². The van der Waals surface area contributed by atoms with Gasteiger partial charge < -0.3 is 14.8 Å². The van der Waals surface area contributed by atoms with Crippen molar-refractivity contribution in [2.75, 3.05) is 6.61 Å². The summed E-state index contributed by atoms with van der Waals surface area (Å²) in [6, 6.07) is 6.21. The molecule has 1 aromatic carbocycles. The molecule has 1 amide bonds. The zero-order chi connectivity index (χ0) is 21.6. The smallest absolute Gasteiger partial charge is 0.408 e. The predicted octanol–water partition coefficient (Wildman–Crippen LogP) is 2.64. The molecule has 0 saturated carbocycles. The fourth-order valence-corrected chi connectivity index (χ4v) is 2.92. The fourth-order valence-electron chi connectivity index (χ4n) is 2.92. The number of nitrogens with one attached hydrogen (secondary N) is 1. The zero-order valence-electron chi connectivity index (χ0n) is 17.1. The Morgan fingerprint density at radius 1 is 1.21 bits per heavy atom. The van der Waals surface area contributed by atoms with Gasteiger partial charge in [-0.1, -0.05) is 18.2 Å². The number of carbonyl (C=O) groups excluding carboxylic acids is 4. The number of para-hydroxylation sites is 1. The van der Waals surface area contributed by atoms with Crippen molar-refractivity contribution in [2.24, 2.45) is 0 Å². The first-order valence-corrected chi connectivity index (χ1v) is 9.36. The average Bonchev–Trinajstić information content (AvgIpc) is 2.97. The topological polar surface area (TPSA) is 104 Å². The van der Waals surface area contributed by atoms with Crippen molar-refractivity contribution in [2.45, 2.75) is 52.2 Å². The predicted molar refractivity (Wildman–Crippen MR) is 107 cm³/mol. The number of Topliss-reactive ketones (excluding diaryl/α,β-unsaturated/α-hetero) is 1. The normalized spacial score (nSPS) is 12.3. The number of hydrogen-bond donors (Lipinski definition) is 1. The van der Waals surface area contributed by atoms with Crippen LogP contribution in [0.4, 0.5) is 4.79 Å². The fraction of sp³-hybridized carbons (Fsp3) is 0.429. The summed E-state index contributed by atoms with van der Waals surface area (Å²) >= 11 is 0. The lowest BCUT2D eigenvalue weighted by Gasteiger charge is -2.23. The third kappa shape index (κ3) is 6.17. The van der Waals surface area contributed by atoms with Crippen LogP contribution in [0.15, 0.2) is 30.5 Å². The first-order valence-electron chi connectivity index (χ1n) is 9.36. The molecule has 8 nitrogen and oxygen atoms in total. The summed E-state index contributed by atoms with van der Waals surface area (Å²) < 4.78 is 11.5. The molecule has 8 heteroatoms. The van der Waals surface area contributed by atoms with E-state index in [1.54, 1.807) is 46.0 Å². The Kier molecular flexibility index (Phi) is 7.14. The lowest BCUT2D eigenvalue weighted by atomic mass is 10.00. The van der Waals surface area contributed by atoms with Gasteiger partial charge in [0.1, 0.15) is 12.0 Å². The van der Waals surface area contributed by atoms with Gasteiger partial charge in [0.25, 0.3) is 0 Å². The van der Waals surface area contributed by atoms with Crippen molar-refractivity contribution in [3.8, 4) is 0 Å². The minimum Gasteiger partial charge on any atom is -0.466 e. The highest BCUT2D eigenvalue weighted by atomic mass is 16.6. The van der Waals surface area contributed by atoms with Crippen LogP contribution in [0, 0.1) is 0 Å². The van der Waals surface area contributed by atoms with E-state index < -0.39 is 35.9 Å². The number of aromatic nitrogens is 1. The summed E-state index contributed by atoms with van der Waals surface area (Å²) in [4.78, 5) is 48.0. The highest BCUT2D eigenvalue weighted by Crippen LogP contribution is 2.22. The number of hydrogen-bond acceptors (Lipinski definition) is 6. The van der Waals surface area contributed by atoms with Crippen LogP contribution in [0.3, 0.4) is 0 Å². The van der Waals surface area contributed by atoms with Crippen molar-refractivity contribution in [1.29, 1.82) is 0 Å². The molecule has 2 rings (SSSR count). The van der Waals surface area contributed by atoms with Crippen LogP contribution in [-0.2, 0) is 30.3 Å². The van der Waals surface area contributed by atoms with E-state index >= 15 is 0 Å². The number of nitrogens with zero attached hydrogens (tertiary/aromatic N) is 1. The van der Waals surface area contributed by atoms with Gasteiger partial charge in [-0.15, -0.1) is 0 Å². The third-order valence-electron chi connectivity index (χ3n) is 4.06. The number of carbonyl (C=O) groups is 4. The van der Waals surface area contributed by atoms with E-state index in [2.05, 4.69) is 5.32 Å². The largest absolute Gasteiger partial charge is 0.466 e. The average molecular weight is 402 g/mol. The van der Waals surface area contributed by atoms with E-state index in [0.29, 0.717) is 17.5 Å². The molecule has 1 aromatic heterocycles. The second-order valence-corrected chi connectivity index (χ2v) is 7.54. The van der Waals surface area contributed by atoms with E-state index in [1.807, 2.05) is 12.1 Å². The molecule has 156 valence electrons. The Morgan fingerprint density at radius 3 is 2.52 bits per heavy atom. The molecule has 0 saturated heterocycles. The first kappa shape index (κ1) is 22.1. The third-order valence-corrected chi connectivity index (χ3v) is 4.06. The quantitative estimate of drug-likeness (QED) is 0.414. The van der Waals surface area contributed by atoms with Crippen LogP contribution in [0.25, 0.3) is 10.9 Å². The van der Waals surface area contributed by atoms with Gasteiger partial charge in [-0.05, 0) is 39.3 Å². The zero-order valence-corrected chi connectivity index (χ0v) is 17.1. The molecule has 0 radical (unpaired) electrons. The Bertz CT molecular complexity index is 910. The maximum absolute atomic E-state index is 12.7. The summed E-state index contributed by atoms with van der Waals surface area (Å²) in [5.74, 6) is -1.17. The molecule has 1 atom stereocenters. The van der Waals surface area contributed by atoms with Crippen molar-refractivity contribution >= 4 is 35.2 Å². The number of rotatable bonds is 8. The number of fused-ring (bicyclic) bond motifs is 1. The van der Waals surface area contributed by atoms with Gasteiger partial charge in [0, 0.05) is 18.0 Å². The summed E-state index contributed by atoms with van der Waals surface area (Å²) in [5.41, 5.74) is 0.629. The van der Waals surface area contributed by atoms with Crippen molar-refractivity contribution in [3.63, 3.8) is 0 Å². The Hall–Kier alpha value is -3.16. The van der Waals surface area contributed by atoms with Crippen LogP contribution in [0.5, 0.6) is 0 Å². The minimum absolute atomic E-state index is 0.0961. The van der Waals surface area contributed by atoms with Crippen molar-refractivity contribution in [3.05, 3.63) is 36.0 Å². The van der Waals surface area contributed by atoms with Gasteiger partial charge in [-0.2, -0.15) is 0 Å². The van der Waals surface area contributed by atoms with E-state index in [1.165, 1.54) is 4.57 Å². The maximum Gasteiger partial charge on any atom is 0.408 e. The monoisotopic (exact) mass is 402 g/mol. The molecule has 2 aromatic rings. The number of ketones is 1. The number of alkyl carbamates (subject to hydrolysis) is 1. The van der Waals surface area contributed by atoms with Crippen LogP contribution in [0.1, 0.15) is 39.7 Å². The molecular weight excluding hydrogens is 376 g/mol. The van der Waals surface area contributed by atoms with Gasteiger partial charge in [-0.3, -0.25) is 19.0 Å². The van der Waals surface area contributed by atoms with Gasteiger partial charge in [0.15, 0.2) is 5.78 Å². The molecule has 0 aliphatic heterocycles. The molecule has 1 N–H and O–H groups in total. The lowest BCUT2D eigenvalue weighted by Crippen LogP contribution is -2.45. The number of amides is 1. The minimum atomic E-state index is -1.01. The van der Waals surface area contributed by atoms with Crippen LogP contribution in [-0.4, -0.2) is 47.1 Å². The van der Waals surface area contributed by atoms with Gasteiger partial charge >= 0.3 is 12.1 Å². The standard InChI is InChI=1S/C21H26N2O6/c1-5-28-19(26)11-18(25)16(22-20(27)29-21(2,3)4)10-14-12-23(13-24)17-9-7-6-8-15(14)17/h6-9,12-13,16H,5,10-11H2,1-4H3,(H,22,27)/t16-/m0/s1. The number of benzene rings is 1. The van der Waals surface area contributed by atoms with Crippen LogP contribution < -0.4 is 5.32 Å². The lowest BCUT2D eigenvalue weighted by molar-refractivity contribution is -0.146.